The molecule has 1 aromatic rings. The summed E-state index contributed by atoms with van der Waals surface area (Å²) in [6, 6.07) is 1.53. The van der Waals surface area contributed by atoms with Crippen LogP contribution in [0.25, 0.3) is 0 Å². The van der Waals surface area contributed by atoms with Crippen molar-refractivity contribution in [2.24, 2.45) is 0 Å². The van der Waals surface area contributed by atoms with Crippen molar-refractivity contribution in [3.8, 4) is 6.07 Å². The molecule has 0 aliphatic carbocycles. The zero-order chi connectivity index (χ0) is 12.3. The number of hydrogen-bond donors (Lipinski definition) is 0. The van der Waals surface area contributed by atoms with E-state index in [1.54, 1.807) is 0 Å². The van der Waals surface area contributed by atoms with Crippen LogP contribution in [0.2, 0.25) is 0 Å². The van der Waals surface area contributed by atoms with Crippen molar-refractivity contribution < 1.29 is 18.1 Å². The van der Waals surface area contributed by atoms with Gasteiger partial charge in [-0.25, -0.2) is 8.78 Å². The fraction of sp³-hybridized carbons (Fsp3) is 0.250. The molecule has 0 fully saturated rings. The molecule has 0 saturated carbocycles. The number of nitrogens with zero attached hydrogens (tertiary/aromatic N) is 3. The molecule has 16 heavy (non-hydrogen) atoms. The molecule has 0 amide bonds. The highest BCUT2D eigenvalue weighted by Crippen LogP contribution is 2.31. The average molecular weight is 231 g/mol. The summed E-state index contributed by atoms with van der Waals surface area (Å²) in [4.78, 5) is 12.4. The first-order chi connectivity index (χ1) is 7.49. The van der Waals surface area contributed by atoms with Crippen LogP contribution in [0, 0.1) is 27.3 Å². The minimum absolute atomic E-state index is 0.512. The second-order valence-corrected chi connectivity index (χ2v) is 2.72. The molecule has 0 aliphatic rings. The Bertz CT molecular complexity index is 470. The first kappa shape index (κ1) is 11.9. The summed E-state index contributed by atoms with van der Waals surface area (Å²) < 4.78 is 38.0. The van der Waals surface area contributed by atoms with Gasteiger partial charge >= 0.3 is 5.69 Å². The summed E-state index contributed by atoms with van der Waals surface area (Å²) in [7, 11) is 0. The van der Waals surface area contributed by atoms with E-state index < -0.39 is 40.5 Å². The molecule has 0 N–H and O–H groups in total. The van der Waals surface area contributed by atoms with E-state index in [-0.39, 0.29) is 0 Å². The average Bonchev–Trinajstić information content (AvgIpc) is 2.20. The van der Waals surface area contributed by atoms with Gasteiger partial charge in [-0.15, -0.1) is 0 Å². The van der Waals surface area contributed by atoms with E-state index in [0.717, 1.165) is 0 Å². The van der Waals surface area contributed by atoms with Crippen LogP contribution in [-0.4, -0.2) is 9.91 Å². The molecule has 0 spiro atoms. The Morgan fingerprint density at radius 1 is 1.62 bits per heavy atom. The van der Waals surface area contributed by atoms with Crippen LogP contribution in [0.3, 0.4) is 0 Å². The Morgan fingerprint density at radius 3 is 2.69 bits per heavy atom. The second kappa shape index (κ2) is 4.57. The zero-order valence-corrected chi connectivity index (χ0v) is 7.65. The van der Waals surface area contributed by atoms with Gasteiger partial charge in [0.1, 0.15) is 5.56 Å². The number of rotatable bonds is 3. The molecule has 1 heterocycles. The molecule has 0 aliphatic heterocycles. The molecule has 0 bridgehead atoms. The number of aromatic nitrogens is 1. The highest BCUT2D eigenvalue weighted by Gasteiger charge is 2.29. The molecular weight excluding hydrogens is 227 g/mol. The lowest BCUT2D eigenvalue weighted by atomic mass is 10.2. The predicted molar refractivity (Wildman–Crippen MR) is 45.1 cm³/mol. The topological polar surface area (TPSA) is 79.8 Å². The van der Waals surface area contributed by atoms with E-state index in [1.165, 1.54) is 6.07 Å². The van der Waals surface area contributed by atoms with Crippen molar-refractivity contribution in [2.45, 2.75) is 12.8 Å². The molecule has 0 unspecified atom stereocenters. The van der Waals surface area contributed by atoms with Crippen molar-refractivity contribution >= 4 is 5.69 Å². The van der Waals surface area contributed by atoms with Gasteiger partial charge in [0, 0.05) is 6.20 Å². The number of pyridine rings is 1. The van der Waals surface area contributed by atoms with Crippen LogP contribution in [0.1, 0.15) is 17.7 Å². The fourth-order valence-corrected chi connectivity index (χ4v) is 1.07. The summed E-state index contributed by atoms with van der Waals surface area (Å²) in [6.45, 7) is 0. The van der Waals surface area contributed by atoms with Gasteiger partial charge in [-0.05, 0) is 0 Å². The minimum atomic E-state index is -3.20. The molecule has 0 radical (unpaired) electrons. The lowest BCUT2D eigenvalue weighted by Gasteiger charge is -2.04. The Hall–Kier alpha value is -2.17. The van der Waals surface area contributed by atoms with Crippen molar-refractivity contribution in [3.05, 3.63) is 33.4 Å². The maximum atomic E-state index is 13.3. The zero-order valence-electron chi connectivity index (χ0n) is 7.65. The largest absolute Gasteiger partial charge is 0.317 e. The van der Waals surface area contributed by atoms with E-state index in [9.17, 15) is 23.3 Å². The third-order valence-electron chi connectivity index (χ3n) is 1.76. The number of nitro groups is 1. The van der Waals surface area contributed by atoms with Crippen LogP contribution in [-0.2, 0) is 6.42 Å². The van der Waals surface area contributed by atoms with Gasteiger partial charge in [0.2, 0.25) is 5.82 Å². The highest BCUT2D eigenvalue weighted by molar-refractivity contribution is 5.43. The lowest BCUT2D eigenvalue weighted by Crippen LogP contribution is -2.05. The first-order valence-electron chi connectivity index (χ1n) is 3.95. The molecule has 0 saturated heterocycles. The highest BCUT2D eigenvalue weighted by atomic mass is 19.3. The monoisotopic (exact) mass is 231 g/mol. The van der Waals surface area contributed by atoms with Gasteiger partial charge in [0.25, 0.3) is 6.43 Å². The molecule has 0 atom stereocenters. The van der Waals surface area contributed by atoms with E-state index >= 15 is 0 Å². The number of alkyl halides is 2. The second-order valence-electron chi connectivity index (χ2n) is 2.72. The molecule has 5 nitrogen and oxygen atoms in total. The molecule has 0 aromatic carbocycles. The minimum Gasteiger partial charge on any atom is -0.258 e. The molecule has 8 heteroatoms. The van der Waals surface area contributed by atoms with Gasteiger partial charge in [-0.3, -0.25) is 15.1 Å². The Kier molecular flexibility index (Phi) is 3.40. The van der Waals surface area contributed by atoms with Crippen molar-refractivity contribution in [2.75, 3.05) is 0 Å². The van der Waals surface area contributed by atoms with Gasteiger partial charge in [-0.1, -0.05) is 0 Å². The maximum absolute atomic E-state index is 13.3. The summed E-state index contributed by atoms with van der Waals surface area (Å²) in [5.41, 5.74) is -2.93. The van der Waals surface area contributed by atoms with Crippen LogP contribution in [0.15, 0.2) is 6.20 Å². The first-order valence-corrected chi connectivity index (χ1v) is 3.95. The van der Waals surface area contributed by atoms with Crippen LogP contribution in [0.5, 0.6) is 0 Å². The van der Waals surface area contributed by atoms with Crippen molar-refractivity contribution in [1.29, 1.82) is 5.26 Å². The lowest BCUT2D eigenvalue weighted by molar-refractivity contribution is -0.389. The van der Waals surface area contributed by atoms with Gasteiger partial charge in [0.05, 0.1) is 23.1 Å². The summed E-state index contributed by atoms with van der Waals surface area (Å²) in [5, 5.41) is 18.7. The van der Waals surface area contributed by atoms with Gasteiger partial charge in [-0.2, -0.15) is 9.65 Å². The molecular formula is C8H4F3N3O2. The Balaban J connectivity index is 3.43. The van der Waals surface area contributed by atoms with Crippen molar-refractivity contribution in [3.63, 3.8) is 0 Å². The molecule has 1 rings (SSSR count). The fourth-order valence-electron chi connectivity index (χ4n) is 1.07. The van der Waals surface area contributed by atoms with Crippen LogP contribution in [0.4, 0.5) is 18.9 Å². The van der Waals surface area contributed by atoms with Gasteiger partial charge in [0.15, 0.2) is 0 Å². The Morgan fingerprint density at radius 2 is 2.25 bits per heavy atom. The van der Waals surface area contributed by atoms with Crippen LogP contribution >= 0.6 is 0 Å². The predicted octanol–water partition coefficient (Wildman–Crippen LogP) is 2.13. The van der Waals surface area contributed by atoms with E-state index in [0.29, 0.717) is 6.20 Å². The van der Waals surface area contributed by atoms with E-state index in [4.69, 9.17) is 5.26 Å². The van der Waals surface area contributed by atoms with Gasteiger partial charge < -0.3 is 0 Å². The number of hydrogen-bond acceptors (Lipinski definition) is 4. The third kappa shape index (κ3) is 2.08. The SMILES string of the molecule is N#CCc1ncc(C(F)F)c([N+](=O)[O-])c1F. The third-order valence-corrected chi connectivity index (χ3v) is 1.76. The van der Waals surface area contributed by atoms with Crippen molar-refractivity contribution in [1.82, 2.24) is 4.98 Å². The van der Waals surface area contributed by atoms with Crippen LogP contribution < -0.4 is 0 Å². The smallest absolute Gasteiger partial charge is 0.258 e. The summed E-state index contributed by atoms with van der Waals surface area (Å²) in [6.07, 6.45) is -3.20. The number of nitriles is 1. The Labute approximate surface area is 87.3 Å². The van der Waals surface area contributed by atoms with E-state index in [2.05, 4.69) is 4.98 Å². The molecule has 1 aromatic heterocycles. The quantitative estimate of drug-likeness (QED) is 0.589. The standard InChI is InChI=1S/C8H4F3N3O2/c9-6-5(1-2-12)13-3-4(8(10)11)7(6)14(15)16/h3,8H,1H2. The summed E-state index contributed by atoms with van der Waals surface area (Å²) >= 11 is 0. The maximum Gasteiger partial charge on any atom is 0.317 e. The normalized spacial score (nSPS) is 10.2. The summed E-state index contributed by atoms with van der Waals surface area (Å²) in [5.74, 6) is -1.48. The van der Waals surface area contributed by atoms with E-state index in [1.807, 2.05) is 0 Å². The molecule has 84 valence electrons. The number of halogens is 3.